The molecule has 6 nitrogen and oxygen atoms in total. The van der Waals surface area contributed by atoms with E-state index in [0.29, 0.717) is 30.8 Å². The van der Waals surface area contributed by atoms with Crippen molar-refractivity contribution in [3.63, 3.8) is 0 Å². The van der Waals surface area contributed by atoms with E-state index in [1.807, 2.05) is 17.0 Å². The Labute approximate surface area is 163 Å². The van der Waals surface area contributed by atoms with E-state index in [-0.39, 0.29) is 5.91 Å². The van der Waals surface area contributed by atoms with E-state index < -0.39 is 10.0 Å². The van der Waals surface area contributed by atoms with E-state index in [2.05, 4.69) is 11.9 Å². The molecule has 2 aliphatic heterocycles. The number of carbonyl (C=O) groups is 1. The van der Waals surface area contributed by atoms with Crippen molar-refractivity contribution in [2.24, 2.45) is 0 Å². The summed E-state index contributed by atoms with van der Waals surface area (Å²) in [5.41, 5.74) is 1.01. The van der Waals surface area contributed by atoms with E-state index >= 15 is 0 Å². The van der Waals surface area contributed by atoms with E-state index in [0.717, 1.165) is 57.4 Å². The number of sulfonamides is 1. The van der Waals surface area contributed by atoms with Gasteiger partial charge in [0.25, 0.3) is 0 Å². The monoisotopic (exact) mass is 393 g/mol. The zero-order chi connectivity index (χ0) is 19.3. The van der Waals surface area contributed by atoms with Gasteiger partial charge in [0, 0.05) is 39.1 Å². The molecule has 0 N–H and O–H groups in total. The Morgan fingerprint density at radius 3 is 2.30 bits per heavy atom. The van der Waals surface area contributed by atoms with Gasteiger partial charge in [-0.05, 0) is 57.0 Å². The molecule has 0 spiro atoms. The van der Waals surface area contributed by atoms with Crippen LogP contribution in [0.4, 0.5) is 0 Å². The summed E-state index contributed by atoms with van der Waals surface area (Å²) < 4.78 is 27.0. The average Bonchev–Trinajstić information content (AvgIpc) is 2.91. The van der Waals surface area contributed by atoms with E-state index in [1.54, 1.807) is 16.4 Å². The molecule has 3 rings (SSSR count). The molecular weight excluding hydrogens is 362 g/mol. The van der Waals surface area contributed by atoms with E-state index in [9.17, 15) is 13.2 Å². The lowest BCUT2D eigenvalue weighted by Crippen LogP contribution is -2.35. The lowest BCUT2D eigenvalue weighted by molar-refractivity contribution is -0.131. The van der Waals surface area contributed by atoms with Crippen LogP contribution in [0.3, 0.4) is 0 Å². The molecule has 2 heterocycles. The summed E-state index contributed by atoms with van der Waals surface area (Å²) in [4.78, 5) is 17.0. The maximum Gasteiger partial charge on any atom is 0.243 e. The van der Waals surface area contributed by atoms with Crippen LogP contribution in [0.2, 0.25) is 0 Å². The molecule has 0 saturated carbocycles. The molecule has 7 heteroatoms. The highest BCUT2D eigenvalue weighted by molar-refractivity contribution is 7.89. The molecule has 0 aromatic heterocycles. The fourth-order valence-corrected chi connectivity index (χ4v) is 5.30. The number of carbonyl (C=O) groups excluding carboxylic acids is 1. The molecule has 0 aliphatic carbocycles. The summed E-state index contributed by atoms with van der Waals surface area (Å²) in [6.45, 7) is 4.82. The summed E-state index contributed by atoms with van der Waals surface area (Å²) >= 11 is 0. The Bertz CT molecular complexity index is 727. The number of benzene rings is 1. The van der Waals surface area contributed by atoms with Gasteiger partial charge in [-0.15, -0.1) is 0 Å². The molecule has 1 aromatic rings. The minimum absolute atomic E-state index is 0.190. The predicted octanol–water partition coefficient (Wildman–Crippen LogP) is 1.96. The fraction of sp³-hybridized carbons (Fsp3) is 0.650. The Kier molecular flexibility index (Phi) is 6.89. The van der Waals surface area contributed by atoms with Gasteiger partial charge in [-0.25, -0.2) is 8.42 Å². The summed E-state index contributed by atoms with van der Waals surface area (Å²) in [6, 6.07) is 7.07. The highest BCUT2D eigenvalue weighted by atomic mass is 32.2. The number of likely N-dealkylation sites (N-methyl/N-ethyl adjacent to an activating group) is 1. The minimum atomic E-state index is -3.38. The first-order valence-electron chi connectivity index (χ1n) is 10.0. The summed E-state index contributed by atoms with van der Waals surface area (Å²) in [7, 11) is -1.29. The third-order valence-electron chi connectivity index (χ3n) is 5.58. The van der Waals surface area contributed by atoms with Crippen LogP contribution in [0.25, 0.3) is 0 Å². The van der Waals surface area contributed by atoms with Gasteiger partial charge in [0.15, 0.2) is 0 Å². The second kappa shape index (κ2) is 9.17. The third-order valence-corrected chi connectivity index (χ3v) is 7.49. The standard InChI is InChI=1S/C20H31N3O3S/c1-21-12-5-13-22(17-16-21)20(24)11-8-18-6-9-19(10-7-18)27(25,26)23-14-3-2-4-15-23/h6-7,9-10H,2-5,8,11-17H2,1H3. The molecule has 27 heavy (non-hydrogen) atoms. The number of piperidine rings is 1. The van der Waals surface area contributed by atoms with Gasteiger partial charge in [0.1, 0.15) is 0 Å². The molecular formula is C20H31N3O3S. The van der Waals surface area contributed by atoms with Gasteiger partial charge < -0.3 is 9.80 Å². The number of amides is 1. The highest BCUT2D eigenvalue weighted by Gasteiger charge is 2.25. The van der Waals surface area contributed by atoms with Crippen LogP contribution in [0.5, 0.6) is 0 Å². The topological polar surface area (TPSA) is 60.9 Å². The molecule has 2 fully saturated rings. The summed E-state index contributed by atoms with van der Waals surface area (Å²) in [5.74, 6) is 0.190. The Morgan fingerprint density at radius 2 is 1.59 bits per heavy atom. The number of hydrogen-bond acceptors (Lipinski definition) is 4. The van der Waals surface area contributed by atoms with Crippen molar-refractivity contribution < 1.29 is 13.2 Å². The first kappa shape index (κ1) is 20.3. The highest BCUT2D eigenvalue weighted by Crippen LogP contribution is 2.21. The molecule has 0 bridgehead atoms. The van der Waals surface area contributed by atoms with Crippen molar-refractivity contribution in [3.05, 3.63) is 29.8 Å². The van der Waals surface area contributed by atoms with Crippen LogP contribution in [-0.2, 0) is 21.2 Å². The number of rotatable bonds is 5. The van der Waals surface area contributed by atoms with Crippen molar-refractivity contribution in [1.82, 2.24) is 14.1 Å². The summed E-state index contributed by atoms with van der Waals surface area (Å²) in [5, 5.41) is 0. The van der Waals surface area contributed by atoms with Crippen molar-refractivity contribution in [1.29, 1.82) is 0 Å². The molecule has 0 radical (unpaired) electrons. The van der Waals surface area contributed by atoms with Crippen molar-refractivity contribution in [2.75, 3.05) is 46.3 Å². The first-order chi connectivity index (χ1) is 13.0. The zero-order valence-corrected chi connectivity index (χ0v) is 17.1. The molecule has 1 amide bonds. The van der Waals surface area contributed by atoms with Gasteiger partial charge in [0.05, 0.1) is 4.90 Å². The number of aryl methyl sites for hydroxylation is 1. The van der Waals surface area contributed by atoms with Gasteiger partial charge in [-0.1, -0.05) is 18.6 Å². The van der Waals surface area contributed by atoms with Crippen LogP contribution in [0.15, 0.2) is 29.2 Å². The lowest BCUT2D eigenvalue weighted by Gasteiger charge is -2.25. The van der Waals surface area contributed by atoms with E-state index in [1.165, 1.54) is 0 Å². The predicted molar refractivity (Wildman–Crippen MR) is 106 cm³/mol. The minimum Gasteiger partial charge on any atom is -0.341 e. The van der Waals surface area contributed by atoms with Crippen LogP contribution < -0.4 is 0 Å². The normalized spacial score (nSPS) is 20.4. The van der Waals surface area contributed by atoms with E-state index in [4.69, 9.17) is 0 Å². The molecule has 0 unspecified atom stereocenters. The number of nitrogens with zero attached hydrogens (tertiary/aromatic N) is 3. The average molecular weight is 394 g/mol. The lowest BCUT2D eigenvalue weighted by atomic mass is 10.1. The third kappa shape index (κ3) is 5.30. The maximum atomic E-state index is 12.7. The quantitative estimate of drug-likeness (QED) is 0.767. The van der Waals surface area contributed by atoms with Crippen LogP contribution in [0.1, 0.15) is 37.7 Å². The second-order valence-electron chi connectivity index (χ2n) is 7.65. The SMILES string of the molecule is CN1CCCN(C(=O)CCc2ccc(S(=O)(=O)N3CCCCC3)cc2)CC1. The molecule has 150 valence electrons. The zero-order valence-electron chi connectivity index (χ0n) is 16.3. The van der Waals surface area contributed by atoms with Crippen molar-refractivity contribution in [2.45, 2.75) is 43.4 Å². The molecule has 2 saturated heterocycles. The Hall–Kier alpha value is -1.44. The maximum absolute atomic E-state index is 12.7. The summed E-state index contributed by atoms with van der Waals surface area (Å²) in [6.07, 6.45) is 5.12. The second-order valence-corrected chi connectivity index (χ2v) is 9.58. The largest absolute Gasteiger partial charge is 0.341 e. The first-order valence-corrected chi connectivity index (χ1v) is 11.5. The molecule has 1 aromatic carbocycles. The van der Waals surface area contributed by atoms with Crippen LogP contribution >= 0.6 is 0 Å². The smallest absolute Gasteiger partial charge is 0.243 e. The molecule has 2 aliphatic rings. The van der Waals surface area contributed by atoms with Gasteiger partial charge in [-0.2, -0.15) is 4.31 Å². The van der Waals surface area contributed by atoms with Crippen LogP contribution in [0, 0.1) is 0 Å². The Morgan fingerprint density at radius 1 is 0.889 bits per heavy atom. The van der Waals surface area contributed by atoms with Crippen molar-refractivity contribution in [3.8, 4) is 0 Å². The van der Waals surface area contributed by atoms with Gasteiger partial charge in [0.2, 0.25) is 15.9 Å². The molecule has 0 atom stereocenters. The van der Waals surface area contributed by atoms with Gasteiger partial charge in [-0.3, -0.25) is 4.79 Å². The number of hydrogen-bond donors (Lipinski definition) is 0. The van der Waals surface area contributed by atoms with Crippen molar-refractivity contribution >= 4 is 15.9 Å². The van der Waals surface area contributed by atoms with Gasteiger partial charge >= 0.3 is 0 Å². The van der Waals surface area contributed by atoms with Crippen LogP contribution in [-0.4, -0.2) is 74.7 Å². The Balaban J connectivity index is 1.55. The fourth-order valence-electron chi connectivity index (χ4n) is 3.79.